The summed E-state index contributed by atoms with van der Waals surface area (Å²) in [5.41, 5.74) is 0. The largest absolute Gasteiger partial charge is 0.447 e. The average Bonchev–Trinajstić information content (AvgIpc) is 2.83. The molecule has 0 bridgehead atoms. The Morgan fingerprint density at radius 1 is 1.19 bits per heavy atom. The van der Waals surface area contributed by atoms with Gasteiger partial charge in [-0.05, 0) is 12.1 Å². The maximum Gasteiger partial charge on any atom is 0.275 e. The molecular weight excluding hydrogens is 318 g/mol. The van der Waals surface area contributed by atoms with Gasteiger partial charge in [-0.3, -0.25) is 0 Å². The molecular formula is C11H21N3O5S2. The van der Waals surface area contributed by atoms with Crippen molar-refractivity contribution in [2.24, 2.45) is 0 Å². The molecule has 2 N–H and O–H groups in total. The van der Waals surface area contributed by atoms with Crippen LogP contribution in [0.5, 0.6) is 0 Å². The fourth-order valence-corrected chi connectivity index (χ4v) is 3.29. The van der Waals surface area contributed by atoms with Gasteiger partial charge in [0.25, 0.3) is 10.0 Å². The van der Waals surface area contributed by atoms with Gasteiger partial charge in [0.05, 0.1) is 12.3 Å². The normalized spacial score (nSPS) is 13.0. The Labute approximate surface area is 125 Å². The second-order valence-electron chi connectivity index (χ2n) is 4.50. The molecule has 0 saturated heterocycles. The van der Waals surface area contributed by atoms with Crippen LogP contribution in [0, 0.1) is 0 Å². The van der Waals surface area contributed by atoms with Crippen molar-refractivity contribution in [2.45, 2.75) is 18.6 Å². The summed E-state index contributed by atoms with van der Waals surface area (Å²) in [5, 5.41) is 2.75. The second kappa shape index (κ2) is 7.36. The van der Waals surface area contributed by atoms with Gasteiger partial charge in [0.1, 0.15) is 5.76 Å². The number of hydrogen-bond acceptors (Lipinski definition) is 6. The van der Waals surface area contributed by atoms with Crippen molar-refractivity contribution in [1.82, 2.24) is 14.3 Å². The maximum atomic E-state index is 11.8. The summed E-state index contributed by atoms with van der Waals surface area (Å²) in [5.74, 6) is 0.376. The number of nitrogens with one attached hydrogen (secondary N) is 2. The lowest BCUT2D eigenvalue weighted by Gasteiger charge is -2.08. The zero-order chi connectivity index (χ0) is 16.1. The molecule has 21 heavy (non-hydrogen) atoms. The van der Waals surface area contributed by atoms with Gasteiger partial charge in [-0.2, -0.15) is 0 Å². The molecule has 0 radical (unpaired) electrons. The minimum Gasteiger partial charge on any atom is -0.447 e. The van der Waals surface area contributed by atoms with E-state index in [4.69, 9.17) is 4.42 Å². The Balaban J connectivity index is 2.50. The van der Waals surface area contributed by atoms with Gasteiger partial charge in [0.2, 0.25) is 15.1 Å². The third kappa shape index (κ3) is 5.40. The zero-order valence-electron chi connectivity index (χ0n) is 12.3. The Kier molecular flexibility index (Phi) is 6.35. The molecule has 1 rings (SSSR count). The number of rotatable bonds is 9. The monoisotopic (exact) mass is 339 g/mol. The lowest BCUT2D eigenvalue weighted by molar-refractivity contribution is 0.390. The van der Waals surface area contributed by atoms with Crippen molar-refractivity contribution >= 4 is 20.0 Å². The van der Waals surface area contributed by atoms with E-state index in [0.29, 0.717) is 12.3 Å². The van der Waals surface area contributed by atoms with E-state index in [1.54, 1.807) is 13.0 Å². The fourth-order valence-electron chi connectivity index (χ4n) is 1.48. The van der Waals surface area contributed by atoms with Crippen LogP contribution in [-0.2, 0) is 26.6 Å². The Bertz CT molecular complexity index is 649. The first-order chi connectivity index (χ1) is 9.69. The predicted molar refractivity (Wildman–Crippen MR) is 78.8 cm³/mol. The van der Waals surface area contributed by atoms with E-state index < -0.39 is 20.0 Å². The highest BCUT2D eigenvalue weighted by Crippen LogP contribution is 2.16. The summed E-state index contributed by atoms with van der Waals surface area (Å²) in [4.78, 5) is 0. The smallest absolute Gasteiger partial charge is 0.275 e. The molecule has 0 aliphatic rings. The molecule has 10 heteroatoms. The van der Waals surface area contributed by atoms with Crippen LogP contribution in [0.25, 0.3) is 0 Å². The van der Waals surface area contributed by atoms with E-state index in [1.165, 1.54) is 20.2 Å². The lowest BCUT2D eigenvalue weighted by atomic mass is 10.4. The summed E-state index contributed by atoms with van der Waals surface area (Å²) in [6.07, 6.45) is 0. The van der Waals surface area contributed by atoms with E-state index in [0.717, 1.165) is 4.31 Å². The third-order valence-corrected chi connectivity index (χ3v) is 5.74. The van der Waals surface area contributed by atoms with Crippen molar-refractivity contribution < 1.29 is 21.3 Å². The van der Waals surface area contributed by atoms with Crippen LogP contribution in [0.15, 0.2) is 21.6 Å². The Morgan fingerprint density at radius 3 is 2.43 bits per heavy atom. The van der Waals surface area contributed by atoms with Crippen LogP contribution in [0.3, 0.4) is 0 Å². The van der Waals surface area contributed by atoms with Crippen molar-refractivity contribution in [1.29, 1.82) is 0 Å². The van der Waals surface area contributed by atoms with Gasteiger partial charge in [0, 0.05) is 27.2 Å². The van der Waals surface area contributed by atoms with Crippen LogP contribution < -0.4 is 10.0 Å². The first-order valence-electron chi connectivity index (χ1n) is 6.38. The molecule has 0 aliphatic heterocycles. The first-order valence-corrected chi connectivity index (χ1v) is 9.47. The van der Waals surface area contributed by atoms with E-state index in [2.05, 4.69) is 10.0 Å². The number of sulfonamides is 2. The molecule has 0 saturated carbocycles. The summed E-state index contributed by atoms with van der Waals surface area (Å²) in [7, 11) is -4.01. The van der Waals surface area contributed by atoms with Crippen LogP contribution in [0.1, 0.15) is 12.7 Å². The highest BCUT2D eigenvalue weighted by Gasteiger charge is 2.21. The summed E-state index contributed by atoms with van der Waals surface area (Å²) in [6.45, 7) is 2.56. The van der Waals surface area contributed by atoms with E-state index >= 15 is 0 Å². The zero-order valence-corrected chi connectivity index (χ0v) is 13.9. The number of nitrogens with zero attached hydrogens (tertiary/aromatic N) is 1. The standard InChI is InChI=1S/C11H21N3O5S2/c1-4-13-20(15,16)8-7-12-9-10-5-6-11(19-10)21(17,18)14(2)3/h5-6,12-13H,4,7-9H2,1-3H3. The molecule has 1 aromatic rings. The van der Waals surface area contributed by atoms with Gasteiger partial charge in [-0.15, -0.1) is 0 Å². The van der Waals surface area contributed by atoms with Crippen molar-refractivity contribution in [3.05, 3.63) is 17.9 Å². The van der Waals surface area contributed by atoms with Crippen LogP contribution in [0.2, 0.25) is 0 Å². The first kappa shape index (κ1) is 18.1. The molecule has 0 atom stereocenters. The van der Waals surface area contributed by atoms with Crippen molar-refractivity contribution in [3.8, 4) is 0 Å². The van der Waals surface area contributed by atoms with Crippen LogP contribution >= 0.6 is 0 Å². The molecule has 122 valence electrons. The molecule has 1 heterocycles. The molecule has 0 spiro atoms. The highest BCUT2D eigenvalue weighted by atomic mass is 32.2. The minimum atomic E-state index is -3.58. The Hall–Kier alpha value is -0.940. The van der Waals surface area contributed by atoms with E-state index in [9.17, 15) is 16.8 Å². The third-order valence-electron chi connectivity index (χ3n) is 2.58. The van der Waals surface area contributed by atoms with Gasteiger partial charge in [-0.1, -0.05) is 6.92 Å². The maximum absolute atomic E-state index is 11.8. The van der Waals surface area contributed by atoms with Gasteiger partial charge in [-0.25, -0.2) is 25.9 Å². The minimum absolute atomic E-state index is 0.0512. The summed E-state index contributed by atoms with van der Waals surface area (Å²) in [6, 6.07) is 2.92. The molecule has 8 nitrogen and oxygen atoms in total. The molecule has 0 aromatic carbocycles. The average molecular weight is 339 g/mol. The van der Waals surface area contributed by atoms with Gasteiger partial charge in [0.15, 0.2) is 0 Å². The Morgan fingerprint density at radius 2 is 1.86 bits per heavy atom. The SMILES string of the molecule is CCNS(=O)(=O)CCNCc1ccc(S(=O)(=O)N(C)C)o1. The van der Waals surface area contributed by atoms with Crippen LogP contribution in [-0.4, -0.2) is 54.1 Å². The van der Waals surface area contributed by atoms with Crippen molar-refractivity contribution in [2.75, 3.05) is 32.9 Å². The fraction of sp³-hybridized carbons (Fsp3) is 0.636. The molecule has 1 aromatic heterocycles. The summed E-state index contributed by atoms with van der Waals surface area (Å²) >= 11 is 0. The number of furan rings is 1. The molecule has 0 fully saturated rings. The lowest BCUT2D eigenvalue weighted by Crippen LogP contribution is -2.31. The molecule has 0 unspecified atom stereocenters. The quantitative estimate of drug-likeness (QED) is 0.590. The van der Waals surface area contributed by atoms with Crippen LogP contribution in [0.4, 0.5) is 0 Å². The number of hydrogen-bond donors (Lipinski definition) is 2. The van der Waals surface area contributed by atoms with E-state index in [1.807, 2.05) is 0 Å². The van der Waals surface area contributed by atoms with Crippen molar-refractivity contribution in [3.63, 3.8) is 0 Å². The summed E-state index contributed by atoms with van der Waals surface area (Å²) < 4.78 is 55.1. The topological polar surface area (TPSA) is 109 Å². The second-order valence-corrected chi connectivity index (χ2v) is 8.51. The predicted octanol–water partition coefficient (Wildman–Crippen LogP) is -0.441. The highest BCUT2D eigenvalue weighted by molar-refractivity contribution is 7.89. The molecule has 0 aliphatic carbocycles. The van der Waals surface area contributed by atoms with E-state index in [-0.39, 0.29) is 23.9 Å². The van der Waals surface area contributed by atoms with Gasteiger partial charge < -0.3 is 9.73 Å². The molecule has 0 amide bonds. The van der Waals surface area contributed by atoms with Gasteiger partial charge >= 0.3 is 0 Å².